The zero-order valence-corrected chi connectivity index (χ0v) is 45.9. The van der Waals surface area contributed by atoms with Crippen molar-refractivity contribution in [1.29, 1.82) is 0 Å². The van der Waals surface area contributed by atoms with Gasteiger partial charge in [-0.05, 0) is 92.9 Å². The number of aromatic nitrogens is 2. The Morgan fingerprint density at radius 2 is 0.895 bits per heavy atom. The van der Waals surface area contributed by atoms with Crippen LogP contribution in [0.1, 0.15) is 105 Å². The number of esters is 4. The summed E-state index contributed by atoms with van der Waals surface area (Å²) in [6.45, 7) is 11.0. The van der Waals surface area contributed by atoms with Gasteiger partial charge in [-0.25, -0.2) is 30.4 Å². The van der Waals surface area contributed by atoms with Crippen molar-refractivity contribution in [1.82, 2.24) is 40.6 Å². The third kappa shape index (κ3) is 16.5. The molecule has 30 heteroatoms. The Kier molecular flexibility index (Phi) is 27.2. The van der Waals surface area contributed by atoms with E-state index < -0.39 is 99.3 Å². The predicted octanol–water partition coefficient (Wildman–Crippen LogP) is -1.99. The fourth-order valence-electron chi connectivity index (χ4n) is 6.84. The van der Waals surface area contributed by atoms with Crippen molar-refractivity contribution in [3.05, 3.63) is 11.8 Å². The first kappa shape index (κ1) is 68.5. The van der Waals surface area contributed by atoms with Crippen LogP contribution in [0.25, 0.3) is 0 Å². The molecule has 0 radical (unpaired) electrons. The third-order valence-electron chi connectivity index (χ3n) is 13.1. The third-order valence-corrected chi connectivity index (χ3v) is 13.1. The Bertz CT molecular complexity index is 2270. The Morgan fingerprint density at radius 3 is 1.13 bits per heavy atom. The van der Waals surface area contributed by atoms with Gasteiger partial charge in [-0.15, -0.1) is 10.2 Å². The van der Waals surface area contributed by atoms with Crippen molar-refractivity contribution in [2.75, 3.05) is 56.6 Å². The van der Waals surface area contributed by atoms with Gasteiger partial charge in [0.05, 0.1) is 28.4 Å². The van der Waals surface area contributed by atoms with E-state index in [4.69, 9.17) is 20.2 Å². The number of carboxylic acid groups (broad SMARTS) is 1. The van der Waals surface area contributed by atoms with Crippen molar-refractivity contribution in [3.63, 3.8) is 0 Å². The number of likely N-dealkylation sites (N-methyl/N-ethyl adjacent to an activating group) is 4. The topological polar surface area (TPSA) is 428 Å². The molecule has 4 fully saturated rings. The van der Waals surface area contributed by atoms with E-state index in [1.165, 1.54) is 84.3 Å². The summed E-state index contributed by atoms with van der Waals surface area (Å²) in [4.78, 5) is 142. The van der Waals surface area contributed by atoms with Crippen LogP contribution < -0.4 is 28.4 Å². The Hall–Kier alpha value is -7.47. The van der Waals surface area contributed by atoms with E-state index in [-0.39, 0.29) is 11.8 Å². The molecule has 0 aromatic carbocycles. The summed E-state index contributed by atoms with van der Waals surface area (Å²) in [6.07, 6.45) is 6.00. The fourth-order valence-corrected chi connectivity index (χ4v) is 6.84. The van der Waals surface area contributed by atoms with Crippen LogP contribution in [-0.4, -0.2) is 193 Å². The average molecular weight is 1090 g/mol. The molecule has 1 heterocycles. The molecule has 1 aromatic rings. The second-order valence-electron chi connectivity index (χ2n) is 17.8. The average Bonchev–Trinajstić information content (AvgIpc) is 4.22. The molecule has 76 heavy (non-hydrogen) atoms. The molecule has 0 spiro atoms. The lowest BCUT2D eigenvalue weighted by Crippen LogP contribution is -2.50. The lowest BCUT2D eigenvalue weighted by atomic mass is 10.0. The van der Waals surface area contributed by atoms with Gasteiger partial charge in [0.2, 0.25) is 41.3 Å². The number of amides is 6. The van der Waals surface area contributed by atoms with Gasteiger partial charge in [0.1, 0.15) is 52.1 Å². The number of rotatable bonds is 17. The van der Waals surface area contributed by atoms with E-state index in [1.54, 1.807) is 41.7 Å². The SMILES string of the molecule is C/C=N/NC(=O)C1(C(=O)N(C)[C@H](C)C(=O)OC)CC1.CC=O.COC(=O)[C@@H](C)N(C)C(=O)C1(C(=O)NN)CC1.COC(=O)[C@@H](C)N(C)C(=O)C1(C(=O)O)CC1.COC(=O)[C@@H](C)N(C)C(=O)C1(c2nnc(C)o2)CC1.NN. The van der Waals surface area contributed by atoms with Crippen LogP contribution in [0.5, 0.6) is 0 Å². The summed E-state index contributed by atoms with van der Waals surface area (Å²) in [5.41, 5.74) is 0.0714. The van der Waals surface area contributed by atoms with Crippen LogP contribution in [0, 0.1) is 23.2 Å². The van der Waals surface area contributed by atoms with Gasteiger partial charge in [-0.3, -0.25) is 50.7 Å². The quantitative estimate of drug-likeness (QED) is 0.0144. The largest absolute Gasteiger partial charge is 0.480 e. The number of hydrogen-bond acceptors (Lipinski definition) is 23. The molecule has 5 rings (SSSR count). The van der Waals surface area contributed by atoms with Gasteiger partial charge in [-0.2, -0.15) is 5.10 Å². The standard InChI is InChI=1S/C12H17N3O4.C12H19N3O4.C10H17N3O4.C10H15NO5.C2H4O.H4N2/c1-7(9(16)18-4)15(3)11(17)12(5-6-12)10-14-13-8(2)19-10;1-5-13-14-10(17)12(6-7-12)11(18)15(3)8(2)9(16)19-4;1-6(7(14)17-3)13(2)9(16)10(4-5-10)8(15)12-11;1-6(7(12)16-3)11(2)8(13)10(4-5-10)9(14)15;1-2-3;1-2/h7H,5-6H2,1-4H3;5,8H,6-7H2,1-4H3,(H,14,17);6H,4-5,11H2,1-3H3,(H,12,15);6H,4-5H2,1-3H3,(H,14,15);2H,1H3;1-2H2/b;13-5+;;;;/t7-;8-;2*6-;;/m1111../s1. The number of carbonyl (C=O) groups is 12. The summed E-state index contributed by atoms with van der Waals surface area (Å²) in [5, 5.41) is 20.2. The highest BCUT2D eigenvalue weighted by Gasteiger charge is 2.61. The summed E-state index contributed by atoms with van der Waals surface area (Å²) < 4.78 is 23.6. The number of aldehydes is 1. The molecule has 4 saturated carbocycles. The van der Waals surface area contributed by atoms with Gasteiger partial charge in [0, 0.05) is 41.3 Å². The van der Waals surface area contributed by atoms with Gasteiger partial charge in [0.25, 0.3) is 5.91 Å². The Balaban J connectivity index is 0.000000960. The molecule has 1 aromatic heterocycles. The van der Waals surface area contributed by atoms with Crippen LogP contribution in [0.4, 0.5) is 0 Å². The number of aliphatic carboxylic acids is 1. The van der Waals surface area contributed by atoms with Gasteiger partial charge < -0.3 is 52.9 Å². The minimum absolute atomic E-state index is 0.186. The number of hydrazone groups is 1. The summed E-state index contributed by atoms with van der Waals surface area (Å²) in [5.74, 6) is 8.19. The zero-order valence-electron chi connectivity index (χ0n) is 45.9. The van der Waals surface area contributed by atoms with Crippen molar-refractivity contribution in [2.45, 2.75) is 129 Å². The molecule has 0 bridgehead atoms. The maximum Gasteiger partial charge on any atom is 0.328 e. The van der Waals surface area contributed by atoms with Crippen LogP contribution in [0.3, 0.4) is 0 Å². The molecule has 6 amide bonds. The zero-order chi connectivity index (χ0) is 59.3. The number of carbonyl (C=O) groups excluding carboxylic acids is 11. The molecule has 0 saturated heterocycles. The first-order valence-electron chi connectivity index (χ1n) is 23.5. The van der Waals surface area contributed by atoms with E-state index in [0.29, 0.717) is 63.1 Å². The second-order valence-corrected chi connectivity index (χ2v) is 17.8. The molecular weight excluding hydrogens is 1010 g/mol. The van der Waals surface area contributed by atoms with Crippen LogP contribution >= 0.6 is 0 Å². The smallest absolute Gasteiger partial charge is 0.328 e. The van der Waals surface area contributed by atoms with E-state index in [9.17, 15) is 52.7 Å². The number of ether oxygens (including phenoxy) is 4. The Labute approximate surface area is 440 Å². The van der Waals surface area contributed by atoms with Crippen LogP contribution in [0.2, 0.25) is 0 Å². The highest BCUT2D eigenvalue weighted by Crippen LogP contribution is 2.50. The molecular formula is C46H76N12O18. The number of hydrogen-bond donors (Lipinski definition) is 6. The number of hydrazine groups is 2. The maximum atomic E-state index is 12.5. The lowest BCUT2D eigenvalue weighted by molar-refractivity contribution is -0.159. The van der Waals surface area contributed by atoms with Crippen LogP contribution in [0.15, 0.2) is 9.52 Å². The van der Waals surface area contributed by atoms with E-state index in [2.05, 4.69) is 51.4 Å². The maximum absolute atomic E-state index is 12.5. The fraction of sp³-hybridized carbons (Fsp3) is 0.674. The number of nitrogens with one attached hydrogen (secondary N) is 2. The minimum atomic E-state index is -1.31. The summed E-state index contributed by atoms with van der Waals surface area (Å²) in [7, 11) is 11.0. The molecule has 9 N–H and O–H groups in total. The first-order chi connectivity index (χ1) is 35.5. The van der Waals surface area contributed by atoms with Gasteiger partial charge >= 0.3 is 29.8 Å². The van der Waals surface area contributed by atoms with Crippen LogP contribution in [-0.2, 0) is 81.9 Å². The highest BCUT2D eigenvalue weighted by molar-refractivity contribution is 6.09. The number of aryl methyl sites for hydroxylation is 1. The van der Waals surface area contributed by atoms with Crippen molar-refractivity contribution >= 4 is 77.8 Å². The van der Waals surface area contributed by atoms with E-state index in [1.807, 2.05) is 5.43 Å². The molecule has 30 nitrogen and oxygen atoms in total. The van der Waals surface area contributed by atoms with Crippen molar-refractivity contribution in [2.24, 2.45) is 38.9 Å². The monoisotopic (exact) mass is 1080 g/mol. The molecule has 428 valence electrons. The molecule has 4 aliphatic rings. The molecule has 0 aliphatic heterocycles. The van der Waals surface area contributed by atoms with Crippen molar-refractivity contribution < 1.29 is 86.0 Å². The van der Waals surface area contributed by atoms with Gasteiger partial charge in [0.15, 0.2) is 0 Å². The molecule has 0 unspecified atom stereocenters. The van der Waals surface area contributed by atoms with Crippen molar-refractivity contribution in [3.8, 4) is 0 Å². The predicted molar refractivity (Wildman–Crippen MR) is 264 cm³/mol. The first-order valence-corrected chi connectivity index (χ1v) is 23.5. The summed E-state index contributed by atoms with van der Waals surface area (Å²) in [6, 6.07) is -2.86. The number of methoxy groups -OCH3 is 4. The highest BCUT2D eigenvalue weighted by atomic mass is 16.5. The minimum Gasteiger partial charge on any atom is -0.480 e. The number of nitrogens with two attached hydrogens (primary N) is 3. The number of carboxylic acids is 1. The molecule has 4 atom stereocenters. The number of nitrogens with zero attached hydrogens (tertiary/aromatic N) is 7. The van der Waals surface area contributed by atoms with Gasteiger partial charge in [-0.1, -0.05) is 0 Å². The Morgan fingerprint density at radius 1 is 0.592 bits per heavy atom. The molecule has 4 aliphatic carbocycles. The van der Waals surface area contributed by atoms with E-state index >= 15 is 0 Å². The normalized spacial score (nSPS) is 17.0. The lowest BCUT2D eigenvalue weighted by Gasteiger charge is -2.26. The van der Waals surface area contributed by atoms with E-state index in [0.717, 1.165) is 11.2 Å². The summed E-state index contributed by atoms with van der Waals surface area (Å²) >= 11 is 0. The second kappa shape index (κ2) is 30.2.